The van der Waals surface area contributed by atoms with E-state index in [9.17, 15) is 4.79 Å². The summed E-state index contributed by atoms with van der Waals surface area (Å²) in [5.74, 6) is -1.01. The Kier molecular flexibility index (Phi) is 2.42. The van der Waals surface area contributed by atoms with Crippen molar-refractivity contribution in [3.05, 3.63) is 17.1 Å². The fraction of sp³-hybridized carbons (Fsp3) is 0. The van der Waals surface area contributed by atoms with Crippen molar-refractivity contribution in [2.45, 2.75) is 9.79 Å². The third-order valence-electron chi connectivity index (χ3n) is 1.70. The molecule has 2 rings (SSSR count). The normalized spacial score (nSPS) is 10.7. The van der Waals surface area contributed by atoms with Crippen molar-refractivity contribution in [2.75, 3.05) is 0 Å². The number of aromatic nitrogens is 1. The van der Waals surface area contributed by atoms with Gasteiger partial charge < -0.3 is 5.11 Å². The van der Waals surface area contributed by atoms with Crippen LogP contribution < -0.4 is 0 Å². The molecule has 0 saturated heterocycles. The lowest BCUT2D eigenvalue weighted by molar-refractivity contribution is 0.0696. The van der Waals surface area contributed by atoms with Gasteiger partial charge in [-0.05, 0) is 12.1 Å². The molecule has 0 saturated carbocycles. The molecule has 1 aromatic heterocycles. The van der Waals surface area contributed by atoms with Crippen LogP contribution >= 0.6 is 36.6 Å². The van der Waals surface area contributed by atoms with E-state index in [4.69, 9.17) is 5.11 Å². The molecular formula is C8H5NO2S3. The summed E-state index contributed by atoms with van der Waals surface area (Å²) in [4.78, 5) is 16.0. The monoisotopic (exact) mass is 243 g/mol. The average Bonchev–Trinajstić information content (AvgIpc) is 2.56. The molecule has 3 nitrogen and oxygen atoms in total. The number of thiazole rings is 1. The quantitative estimate of drug-likeness (QED) is 0.675. The van der Waals surface area contributed by atoms with Gasteiger partial charge in [0.15, 0.2) is 0 Å². The van der Waals surface area contributed by atoms with E-state index in [2.05, 4.69) is 30.2 Å². The summed E-state index contributed by atoms with van der Waals surface area (Å²) in [6.07, 6.45) is 0. The highest BCUT2D eigenvalue weighted by molar-refractivity contribution is 7.83. The number of fused-ring (bicyclic) bond motifs is 1. The van der Waals surface area contributed by atoms with Gasteiger partial charge in [-0.15, -0.1) is 36.6 Å². The van der Waals surface area contributed by atoms with Crippen LogP contribution in [-0.4, -0.2) is 16.1 Å². The molecule has 72 valence electrons. The maximum absolute atomic E-state index is 10.7. The Morgan fingerprint density at radius 2 is 2.14 bits per heavy atom. The van der Waals surface area contributed by atoms with Crippen LogP contribution in [0.3, 0.4) is 0 Å². The van der Waals surface area contributed by atoms with E-state index in [0.717, 1.165) is 16.0 Å². The zero-order valence-electron chi connectivity index (χ0n) is 6.76. The zero-order chi connectivity index (χ0) is 10.3. The summed E-state index contributed by atoms with van der Waals surface area (Å²) < 4.78 is 0.810. The molecule has 0 unspecified atom stereocenters. The van der Waals surface area contributed by atoms with Crippen LogP contribution in [0.1, 0.15) is 9.80 Å². The number of hydrogen-bond acceptors (Lipinski definition) is 5. The number of nitrogens with zero attached hydrogens (tertiary/aromatic N) is 1. The maximum atomic E-state index is 10.7. The fourth-order valence-corrected chi connectivity index (χ4v) is 2.37. The van der Waals surface area contributed by atoms with Gasteiger partial charge in [0.05, 0.1) is 10.2 Å². The van der Waals surface area contributed by atoms with Crippen LogP contribution in [0.2, 0.25) is 0 Å². The molecule has 1 heterocycles. The number of thiol groups is 2. The van der Waals surface area contributed by atoms with Crippen molar-refractivity contribution in [3.8, 4) is 0 Å². The predicted octanol–water partition coefficient (Wildman–Crippen LogP) is 2.57. The van der Waals surface area contributed by atoms with Crippen molar-refractivity contribution in [1.82, 2.24) is 4.98 Å². The number of carbonyl (C=O) groups is 1. The Labute approximate surface area is 94.6 Å². The van der Waals surface area contributed by atoms with Crippen LogP contribution in [0.15, 0.2) is 21.9 Å². The lowest BCUT2D eigenvalue weighted by Crippen LogP contribution is -1.93. The van der Waals surface area contributed by atoms with Gasteiger partial charge in [-0.2, -0.15) is 0 Å². The first kappa shape index (κ1) is 9.82. The first-order valence-electron chi connectivity index (χ1n) is 3.64. The molecule has 0 radical (unpaired) electrons. The molecule has 0 atom stereocenters. The SMILES string of the molecule is O=C(O)c1nc2c(S)c(S)ccc2s1. The number of carboxylic acids is 1. The van der Waals surface area contributed by atoms with Gasteiger partial charge in [0.2, 0.25) is 5.01 Å². The summed E-state index contributed by atoms with van der Waals surface area (Å²) in [6, 6.07) is 3.57. The molecule has 0 amide bonds. The van der Waals surface area contributed by atoms with E-state index < -0.39 is 5.97 Å². The third-order valence-corrected chi connectivity index (χ3v) is 3.71. The lowest BCUT2D eigenvalue weighted by Gasteiger charge is -1.96. The Morgan fingerprint density at radius 3 is 2.79 bits per heavy atom. The second-order valence-corrected chi connectivity index (χ2v) is 4.56. The summed E-state index contributed by atoms with van der Waals surface area (Å²) >= 11 is 9.53. The maximum Gasteiger partial charge on any atom is 0.365 e. The Balaban J connectivity index is 2.77. The molecule has 0 bridgehead atoms. The van der Waals surface area contributed by atoms with Crippen molar-refractivity contribution >= 4 is 52.8 Å². The number of carboxylic acid groups (broad SMARTS) is 1. The summed E-state index contributed by atoms with van der Waals surface area (Å²) in [6.45, 7) is 0. The second kappa shape index (κ2) is 3.45. The van der Waals surface area contributed by atoms with E-state index >= 15 is 0 Å². The van der Waals surface area contributed by atoms with Crippen LogP contribution in [0, 0.1) is 0 Å². The van der Waals surface area contributed by atoms with E-state index in [1.165, 1.54) is 0 Å². The van der Waals surface area contributed by atoms with Gasteiger partial charge >= 0.3 is 5.97 Å². The number of aromatic carboxylic acids is 1. The molecule has 0 aliphatic carbocycles. The van der Waals surface area contributed by atoms with Crippen molar-refractivity contribution < 1.29 is 9.90 Å². The Morgan fingerprint density at radius 1 is 1.43 bits per heavy atom. The van der Waals surface area contributed by atoms with Crippen LogP contribution in [-0.2, 0) is 0 Å². The minimum absolute atomic E-state index is 0.0780. The average molecular weight is 243 g/mol. The minimum atomic E-state index is -1.01. The van der Waals surface area contributed by atoms with E-state index in [0.29, 0.717) is 15.3 Å². The summed E-state index contributed by atoms with van der Waals surface area (Å²) in [7, 11) is 0. The third kappa shape index (κ3) is 1.49. The van der Waals surface area contributed by atoms with Gasteiger partial charge in [-0.3, -0.25) is 0 Å². The van der Waals surface area contributed by atoms with Crippen LogP contribution in [0.25, 0.3) is 10.2 Å². The molecule has 0 aliphatic rings. The topological polar surface area (TPSA) is 50.2 Å². The molecule has 1 aromatic carbocycles. The highest BCUT2D eigenvalue weighted by Gasteiger charge is 2.12. The number of hydrogen-bond donors (Lipinski definition) is 3. The molecule has 6 heteroatoms. The van der Waals surface area contributed by atoms with Gasteiger partial charge in [0.1, 0.15) is 0 Å². The van der Waals surface area contributed by atoms with Gasteiger partial charge in [0.25, 0.3) is 0 Å². The fourth-order valence-electron chi connectivity index (χ4n) is 1.06. The number of rotatable bonds is 1. The van der Waals surface area contributed by atoms with E-state index in [1.54, 1.807) is 12.1 Å². The Bertz CT molecular complexity index is 521. The molecule has 1 N–H and O–H groups in total. The van der Waals surface area contributed by atoms with Crippen molar-refractivity contribution in [2.24, 2.45) is 0 Å². The smallest absolute Gasteiger partial charge is 0.365 e. The number of benzene rings is 1. The molecule has 2 aromatic rings. The highest BCUT2D eigenvalue weighted by atomic mass is 32.1. The zero-order valence-corrected chi connectivity index (χ0v) is 9.37. The van der Waals surface area contributed by atoms with Gasteiger partial charge in [-0.1, -0.05) is 0 Å². The highest BCUT2D eigenvalue weighted by Crippen LogP contribution is 2.31. The molecule has 0 spiro atoms. The first-order valence-corrected chi connectivity index (χ1v) is 5.35. The lowest BCUT2D eigenvalue weighted by atomic mass is 10.3. The molecule has 0 aliphatic heterocycles. The molecular weight excluding hydrogens is 238 g/mol. The second-order valence-electron chi connectivity index (χ2n) is 2.60. The van der Waals surface area contributed by atoms with Gasteiger partial charge in [0, 0.05) is 9.79 Å². The van der Waals surface area contributed by atoms with Crippen molar-refractivity contribution in [1.29, 1.82) is 0 Å². The van der Waals surface area contributed by atoms with Gasteiger partial charge in [-0.25, -0.2) is 9.78 Å². The molecule has 0 fully saturated rings. The summed E-state index contributed by atoms with van der Waals surface area (Å²) in [5.41, 5.74) is 0.600. The largest absolute Gasteiger partial charge is 0.476 e. The molecule has 14 heavy (non-hydrogen) atoms. The van der Waals surface area contributed by atoms with Crippen LogP contribution in [0.4, 0.5) is 0 Å². The van der Waals surface area contributed by atoms with Crippen molar-refractivity contribution in [3.63, 3.8) is 0 Å². The first-order chi connectivity index (χ1) is 6.59. The minimum Gasteiger partial charge on any atom is -0.476 e. The van der Waals surface area contributed by atoms with Crippen LogP contribution in [0.5, 0.6) is 0 Å². The predicted molar refractivity (Wildman–Crippen MR) is 61.1 cm³/mol. The standard InChI is InChI=1S/C8H5NO2S3/c10-8(11)7-9-5-4(14-7)2-1-3(12)6(5)13/h1-2,12-13H,(H,10,11). The van der Waals surface area contributed by atoms with E-state index in [-0.39, 0.29) is 5.01 Å². The summed E-state index contributed by atoms with van der Waals surface area (Å²) in [5, 5.41) is 8.83. The Hall–Kier alpha value is -0.720. The van der Waals surface area contributed by atoms with E-state index in [1.807, 2.05) is 0 Å².